The van der Waals surface area contributed by atoms with Gasteiger partial charge in [0, 0.05) is 9.35 Å². The van der Waals surface area contributed by atoms with E-state index in [0.29, 0.717) is 6.54 Å². The van der Waals surface area contributed by atoms with E-state index in [9.17, 15) is 4.79 Å². The van der Waals surface area contributed by atoms with Crippen molar-refractivity contribution >= 4 is 50.4 Å². The summed E-state index contributed by atoms with van der Waals surface area (Å²) >= 11 is 9.58. The number of thiocarbonyl (C=S) groups is 1. The van der Waals surface area contributed by atoms with Gasteiger partial charge in [-0.2, -0.15) is 0 Å². The maximum atomic E-state index is 11.2. The SMILES string of the molecule is NC(=S)CC(=O)NCc1sccc1Br. The van der Waals surface area contributed by atoms with Gasteiger partial charge in [0.25, 0.3) is 0 Å². The highest BCUT2D eigenvalue weighted by atomic mass is 79.9. The lowest BCUT2D eigenvalue weighted by Gasteiger charge is -2.02. The van der Waals surface area contributed by atoms with Crippen LogP contribution in [0, 0.1) is 0 Å². The van der Waals surface area contributed by atoms with Crippen LogP contribution in [0.25, 0.3) is 0 Å². The Balaban J connectivity index is 2.38. The van der Waals surface area contributed by atoms with Gasteiger partial charge in [0.2, 0.25) is 5.91 Å². The molecule has 6 heteroatoms. The average Bonchev–Trinajstić information content (AvgIpc) is 2.46. The second-order valence-electron chi connectivity index (χ2n) is 2.61. The Bertz CT molecular complexity index is 351. The molecule has 0 aliphatic heterocycles. The second-order valence-corrected chi connectivity index (χ2v) is 4.99. The van der Waals surface area contributed by atoms with E-state index in [4.69, 9.17) is 5.73 Å². The number of carbonyl (C=O) groups excluding carboxylic acids is 1. The van der Waals surface area contributed by atoms with Crippen LogP contribution in [0.1, 0.15) is 11.3 Å². The summed E-state index contributed by atoms with van der Waals surface area (Å²) in [6, 6.07) is 1.94. The minimum absolute atomic E-state index is 0.109. The van der Waals surface area contributed by atoms with Gasteiger partial charge < -0.3 is 11.1 Å². The van der Waals surface area contributed by atoms with E-state index in [1.165, 1.54) is 0 Å². The minimum Gasteiger partial charge on any atom is -0.393 e. The van der Waals surface area contributed by atoms with E-state index in [-0.39, 0.29) is 17.3 Å². The van der Waals surface area contributed by atoms with Crippen molar-refractivity contribution in [1.29, 1.82) is 0 Å². The molecule has 14 heavy (non-hydrogen) atoms. The largest absolute Gasteiger partial charge is 0.393 e. The Morgan fingerprint density at radius 1 is 1.71 bits per heavy atom. The highest BCUT2D eigenvalue weighted by molar-refractivity contribution is 9.10. The third-order valence-electron chi connectivity index (χ3n) is 1.47. The monoisotopic (exact) mass is 292 g/mol. The first-order valence-corrected chi connectivity index (χ1v) is 5.94. The van der Waals surface area contributed by atoms with Gasteiger partial charge in [0.1, 0.15) is 0 Å². The number of rotatable bonds is 4. The van der Waals surface area contributed by atoms with E-state index in [0.717, 1.165) is 9.35 Å². The Morgan fingerprint density at radius 2 is 2.43 bits per heavy atom. The number of hydrogen-bond acceptors (Lipinski definition) is 3. The van der Waals surface area contributed by atoms with Crippen LogP contribution in [-0.4, -0.2) is 10.9 Å². The van der Waals surface area contributed by atoms with Crippen molar-refractivity contribution < 1.29 is 4.79 Å². The van der Waals surface area contributed by atoms with E-state index in [2.05, 4.69) is 33.5 Å². The quantitative estimate of drug-likeness (QED) is 0.832. The predicted molar refractivity (Wildman–Crippen MR) is 65.3 cm³/mol. The molecule has 0 saturated heterocycles. The summed E-state index contributed by atoms with van der Waals surface area (Å²) in [7, 11) is 0. The smallest absolute Gasteiger partial charge is 0.227 e. The number of carbonyl (C=O) groups is 1. The summed E-state index contributed by atoms with van der Waals surface area (Å²) < 4.78 is 1.01. The molecule has 0 radical (unpaired) electrons. The van der Waals surface area contributed by atoms with Gasteiger partial charge in [0.05, 0.1) is 18.0 Å². The summed E-state index contributed by atoms with van der Waals surface area (Å²) in [5, 5.41) is 4.69. The van der Waals surface area contributed by atoms with Crippen molar-refractivity contribution in [2.24, 2.45) is 5.73 Å². The summed E-state index contributed by atoms with van der Waals surface area (Å²) in [6.45, 7) is 0.514. The molecule has 0 bridgehead atoms. The molecule has 3 N–H and O–H groups in total. The first kappa shape index (κ1) is 11.6. The number of thiophene rings is 1. The van der Waals surface area contributed by atoms with Crippen molar-refractivity contribution in [3.63, 3.8) is 0 Å². The van der Waals surface area contributed by atoms with E-state index < -0.39 is 0 Å². The zero-order valence-electron chi connectivity index (χ0n) is 7.25. The van der Waals surface area contributed by atoms with Gasteiger partial charge >= 0.3 is 0 Å². The molecule has 0 atom stereocenters. The maximum absolute atomic E-state index is 11.2. The highest BCUT2D eigenvalue weighted by Gasteiger charge is 2.05. The van der Waals surface area contributed by atoms with Gasteiger partial charge in [-0.15, -0.1) is 11.3 Å². The summed E-state index contributed by atoms with van der Waals surface area (Å²) in [5.41, 5.74) is 5.24. The van der Waals surface area contributed by atoms with Crippen molar-refractivity contribution in [1.82, 2.24) is 5.32 Å². The van der Waals surface area contributed by atoms with Crippen LogP contribution in [0.5, 0.6) is 0 Å². The minimum atomic E-state index is -0.141. The summed E-state index contributed by atoms with van der Waals surface area (Å²) in [6.07, 6.45) is 0.109. The molecular weight excluding hydrogens is 284 g/mol. The molecule has 1 aromatic heterocycles. The fourth-order valence-corrected chi connectivity index (χ4v) is 2.41. The van der Waals surface area contributed by atoms with E-state index in [1.807, 2.05) is 11.4 Å². The van der Waals surface area contributed by atoms with E-state index >= 15 is 0 Å². The van der Waals surface area contributed by atoms with Crippen LogP contribution < -0.4 is 11.1 Å². The highest BCUT2D eigenvalue weighted by Crippen LogP contribution is 2.21. The molecule has 0 saturated carbocycles. The number of halogens is 1. The molecule has 1 amide bonds. The topological polar surface area (TPSA) is 55.1 Å². The third-order valence-corrected chi connectivity index (χ3v) is 3.54. The van der Waals surface area contributed by atoms with Crippen molar-refractivity contribution in [3.8, 4) is 0 Å². The number of amides is 1. The Labute approximate surface area is 99.8 Å². The van der Waals surface area contributed by atoms with Crippen LogP contribution in [0.4, 0.5) is 0 Å². The number of hydrogen-bond donors (Lipinski definition) is 2. The van der Waals surface area contributed by atoms with Crippen LogP contribution in [0.2, 0.25) is 0 Å². The van der Waals surface area contributed by atoms with E-state index in [1.54, 1.807) is 11.3 Å². The summed E-state index contributed by atoms with van der Waals surface area (Å²) in [4.78, 5) is 12.5. The van der Waals surface area contributed by atoms with Crippen molar-refractivity contribution in [3.05, 3.63) is 20.8 Å². The van der Waals surface area contributed by atoms with Gasteiger partial charge in [-0.1, -0.05) is 12.2 Å². The zero-order valence-corrected chi connectivity index (χ0v) is 10.5. The lowest BCUT2D eigenvalue weighted by atomic mass is 10.4. The standard InChI is InChI=1S/C8H9BrN2OS2/c9-5-1-2-14-6(5)4-11-8(12)3-7(10)13/h1-2H,3-4H2,(H2,10,13)(H,11,12). The number of nitrogens with two attached hydrogens (primary N) is 1. The lowest BCUT2D eigenvalue weighted by molar-refractivity contribution is -0.120. The first-order valence-electron chi connectivity index (χ1n) is 3.86. The molecule has 0 fully saturated rings. The van der Waals surface area contributed by atoms with Gasteiger partial charge in [0.15, 0.2) is 0 Å². The molecule has 0 aliphatic carbocycles. The molecule has 1 rings (SSSR count). The zero-order chi connectivity index (χ0) is 10.6. The molecule has 0 aliphatic rings. The lowest BCUT2D eigenvalue weighted by Crippen LogP contribution is -2.26. The van der Waals surface area contributed by atoms with Crippen molar-refractivity contribution in [2.75, 3.05) is 0 Å². The Kier molecular flexibility index (Phi) is 4.50. The second kappa shape index (κ2) is 5.43. The normalized spacial score (nSPS) is 9.79. The first-order chi connectivity index (χ1) is 6.59. The van der Waals surface area contributed by atoms with Crippen LogP contribution in [0.15, 0.2) is 15.9 Å². The van der Waals surface area contributed by atoms with Gasteiger partial charge in [-0.05, 0) is 27.4 Å². The molecule has 0 spiro atoms. The van der Waals surface area contributed by atoms with Crippen LogP contribution in [-0.2, 0) is 11.3 Å². The Hall–Kier alpha value is -0.460. The molecule has 76 valence electrons. The molecule has 0 aromatic carbocycles. The number of nitrogens with one attached hydrogen (secondary N) is 1. The predicted octanol–water partition coefficient (Wildman–Crippen LogP) is 1.80. The third kappa shape index (κ3) is 3.73. The molecule has 3 nitrogen and oxygen atoms in total. The maximum Gasteiger partial charge on any atom is 0.227 e. The van der Waals surface area contributed by atoms with Crippen LogP contribution >= 0.6 is 39.5 Å². The molecule has 0 unspecified atom stereocenters. The van der Waals surface area contributed by atoms with Gasteiger partial charge in [-0.3, -0.25) is 4.79 Å². The fraction of sp³-hybridized carbons (Fsp3) is 0.250. The average molecular weight is 293 g/mol. The Morgan fingerprint density at radius 3 is 2.93 bits per heavy atom. The van der Waals surface area contributed by atoms with Crippen molar-refractivity contribution in [2.45, 2.75) is 13.0 Å². The molecule has 1 aromatic rings. The molecule has 1 heterocycles. The molecular formula is C8H9BrN2OS2. The van der Waals surface area contributed by atoms with Crippen LogP contribution in [0.3, 0.4) is 0 Å². The van der Waals surface area contributed by atoms with Gasteiger partial charge in [-0.25, -0.2) is 0 Å². The summed E-state index contributed by atoms with van der Waals surface area (Å²) in [5.74, 6) is -0.141. The fourth-order valence-electron chi connectivity index (χ4n) is 0.851.